The second-order valence-corrected chi connectivity index (χ2v) is 2.47. The lowest BCUT2D eigenvalue weighted by atomic mass is 10.2. The quantitative estimate of drug-likeness (QED) is 0.774. The van der Waals surface area contributed by atoms with E-state index in [2.05, 4.69) is 0 Å². The van der Waals surface area contributed by atoms with Crippen LogP contribution in [0.4, 0.5) is 4.39 Å². The molecule has 0 amide bonds. The maximum Gasteiger partial charge on any atom is 0.196 e. The largest absolute Gasteiger partial charge is 0.493 e. The minimum absolute atomic E-state index is 0.0553. The van der Waals surface area contributed by atoms with Gasteiger partial charge in [0.05, 0.1) is 20.8 Å². The molecule has 1 rings (SSSR count). The van der Waals surface area contributed by atoms with Crippen LogP contribution in [0.1, 0.15) is 5.56 Å². The Hall–Kier alpha value is -1.29. The van der Waals surface area contributed by atoms with Gasteiger partial charge in [-0.15, -0.1) is 0 Å². The highest BCUT2D eigenvalue weighted by Gasteiger charge is 2.11. The average molecular weight is 186 g/mol. The van der Waals surface area contributed by atoms with E-state index in [4.69, 9.17) is 14.6 Å². The second-order valence-electron chi connectivity index (χ2n) is 2.47. The fourth-order valence-corrected chi connectivity index (χ4v) is 1.06. The van der Waals surface area contributed by atoms with Crippen LogP contribution in [0.25, 0.3) is 0 Å². The van der Waals surface area contributed by atoms with Crippen LogP contribution in [0.15, 0.2) is 12.1 Å². The van der Waals surface area contributed by atoms with E-state index < -0.39 is 5.82 Å². The van der Waals surface area contributed by atoms with E-state index in [-0.39, 0.29) is 18.1 Å². The highest BCUT2D eigenvalue weighted by molar-refractivity contribution is 5.44. The molecule has 72 valence electrons. The van der Waals surface area contributed by atoms with Gasteiger partial charge < -0.3 is 14.6 Å². The number of benzene rings is 1. The molecular formula is C9H11FO3. The molecule has 0 saturated carbocycles. The SMILES string of the molecule is COc1cc(CO)cc(F)c1OC. The molecule has 0 heterocycles. The molecule has 1 aromatic rings. The highest BCUT2D eigenvalue weighted by atomic mass is 19.1. The van der Waals surface area contributed by atoms with Gasteiger partial charge in [-0.3, -0.25) is 0 Å². The van der Waals surface area contributed by atoms with E-state index in [1.54, 1.807) is 0 Å². The Balaban J connectivity index is 3.20. The number of hydrogen-bond donors (Lipinski definition) is 1. The summed E-state index contributed by atoms with van der Waals surface area (Å²) in [5.41, 5.74) is 0.454. The van der Waals surface area contributed by atoms with Gasteiger partial charge in [-0.2, -0.15) is 0 Å². The summed E-state index contributed by atoms with van der Waals surface area (Å²) in [6.45, 7) is -0.225. The Labute approximate surface area is 75.7 Å². The first-order valence-corrected chi connectivity index (χ1v) is 3.74. The minimum atomic E-state index is -0.536. The van der Waals surface area contributed by atoms with Gasteiger partial charge in [0.1, 0.15) is 0 Å². The number of aliphatic hydroxyl groups excluding tert-OH is 1. The molecule has 13 heavy (non-hydrogen) atoms. The lowest BCUT2D eigenvalue weighted by molar-refractivity contribution is 0.278. The van der Waals surface area contributed by atoms with E-state index in [1.807, 2.05) is 0 Å². The van der Waals surface area contributed by atoms with E-state index in [0.29, 0.717) is 5.56 Å². The molecule has 0 spiro atoms. The van der Waals surface area contributed by atoms with Crippen molar-refractivity contribution in [1.82, 2.24) is 0 Å². The summed E-state index contributed by atoms with van der Waals surface area (Å²) in [5, 5.41) is 8.78. The molecule has 0 aliphatic carbocycles. The normalized spacial score (nSPS) is 9.85. The molecule has 1 aromatic carbocycles. The first kappa shape index (κ1) is 9.80. The van der Waals surface area contributed by atoms with Gasteiger partial charge in [0.15, 0.2) is 17.3 Å². The van der Waals surface area contributed by atoms with Crippen molar-refractivity contribution in [2.24, 2.45) is 0 Å². The maximum absolute atomic E-state index is 13.2. The predicted octanol–water partition coefficient (Wildman–Crippen LogP) is 1.34. The van der Waals surface area contributed by atoms with Gasteiger partial charge in [0, 0.05) is 0 Å². The lowest BCUT2D eigenvalue weighted by Gasteiger charge is -2.09. The second kappa shape index (κ2) is 4.09. The zero-order valence-electron chi connectivity index (χ0n) is 7.50. The molecule has 3 nitrogen and oxygen atoms in total. The summed E-state index contributed by atoms with van der Waals surface area (Å²) in [7, 11) is 2.78. The topological polar surface area (TPSA) is 38.7 Å². The fraction of sp³-hybridized carbons (Fsp3) is 0.333. The number of halogens is 1. The summed E-state index contributed by atoms with van der Waals surface area (Å²) < 4.78 is 22.8. The molecule has 0 aliphatic rings. The molecule has 0 unspecified atom stereocenters. The minimum Gasteiger partial charge on any atom is -0.493 e. The summed E-state index contributed by atoms with van der Waals surface area (Å²) in [5.74, 6) is -0.197. The van der Waals surface area contributed by atoms with Crippen molar-refractivity contribution in [3.63, 3.8) is 0 Å². The molecule has 1 N–H and O–H groups in total. The summed E-state index contributed by atoms with van der Waals surface area (Å²) in [6.07, 6.45) is 0. The van der Waals surface area contributed by atoms with Crippen LogP contribution in [-0.2, 0) is 6.61 Å². The average Bonchev–Trinajstić information content (AvgIpc) is 2.16. The third kappa shape index (κ3) is 1.89. The van der Waals surface area contributed by atoms with Gasteiger partial charge >= 0.3 is 0 Å². The van der Waals surface area contributed by atoms with Crippen molar-refractivity contribution in [2.45, 2.75) is 6.61 Å². The number of rotatable bonds is 3. The van der Waals surface area contributed by atoms with Gasteiger partial charge in [-0.05, 0) is 17.7 Å². The van der Waals surface area contributed by atoms with Crippen molar-refractivity contribution < 1.29 is 19.0 Å². The van der Waals surface area contributed by atoms with Gasteiger partial charge in [-0.25, -0.2) is 4.39 Å². The standard InChI is InChI=1S/C9H11FO3/c1-12-8-4-6(5-11)3-7(10)9(8)13-2/h3-4,11H,5H2,1-2H3. The van der Waals surface area contributed by atoms with Crippen molar-refractivity contribution in [2.75, 3.05) is 14.2 Å². The van der Waals surface area contributed by atoms with Crippen LogP contribution in [0.2, 0.25) is 0 Å². The first-order chi connectivity index (χ1) is 6.22. The highest BCUT2D eigenvalue weighted by Crippen LogP contribution is 2.31. The number of methoxy groups -OCH3 is 2. The molecule has 0 bridgehead atoms. The third-order valence-electron chi connectivity index (χ3n) is 1.68. The Morgan fingerprint density at radius 3 is 2.46 bits per heavy atom. The third-order valence-corrected chi connectivity index (χ3v) is 1.68. The molecule has 0 aromatic heterocycles. The van der Waals surface area contributed by atoms with E-state index >= 15 is 0 Å². The molecule has 0 aliphatic heterocycles. The lowest BCUT2D eigenvalue weighted by Crippen LogP contribution is -1.96. The first-order valence-electron chi connectivity index (χ1n) is 3.74. The van der Waals surface area contributed by atoms with Gasteiger partial charge in [0.2, 0.25) is 0 Å². The van der Waals surface area contributed by atoms with E-state index in [9.17, 15) is 4.39 Å². The zero-order valence-corrected chi connectivity index (χ0v) is 7.50. The Morgan fingerprint density at radius 2 is 2.00 bits per heavy atom. The van der Waals surface area contributed by atoms with Crippen LogP contribution < -0.4 is 9.47 Å². The van der Waals surface area contributed by atoms with Crippen molar-refractivity contribution in [3.05, 3.63) is 23.5 Å². The van der Waals surface area contributed by atoms with Crippen molar-refractivity contribution in [3.8, 4) is 11.5 Å². The molecule has 0 saturated heterocycles. The van der Waals surface area contributed by atoms with Crippen molar-refractivity contribution in [1.29, 1.82) is 0 Å². The van der Waals surface area contributed by atoms with Crippen LogP contribution >= 0.6 is 0 Å². The predicted molar refractivity (Wildman–Crippen MR) is 45.4 cm³/mol. The van der Waals surface area contributed by atoms with E-state index in [0.717, 1.165) is 0 Å². The molecule has 0 atom stereocenters. The van der Waals surface area contributed by atoms with Crippen molar-refractivity contribution >= 4 is 0 Å². The monoisotopic (exact) mass is 186 g/mol. The number of hydrogen-bond acceptors (Lipinski definition) is 3. The zero-order chi connectivity index (χ0) is 9.84. The van der Waals surface area contributed by atoms with E-state index in [1.165, 1.54) is 26.4 Å². The van der Waals surface area contributed by atoms with Crippen LogP contribution in [0.3, 0.4) is 0 Å². The van der Waals surface area contributed by atoms with Crippen LogP contribution in [-0.4, -0.2) is 19.3 Å². The van der Waals surface area contributed by atoms with Gasteiger partial charge in [-0.1, -0.05) is 0 Å². The number of aliphatic hydroxyl groups is 1. The molecule has 4 heteroatoms. The molecular weight excluding hydrogens is 175 g/mol. The maximum atomic E-state index is 13.2. The summed E-state index contributed by atoms with van der Waals surface area (Å²) in [4.78, 5) is 0. The van der Waals surface area contributed by atoms with Gasteiger partial charge in [0.25, 0.3) is 0 Å². The van der Waals surface area contributed by atoms with Crippen LogP contribution in [0, 0.1) is 5.82 Å². The molecule has 0 radical (unpaired) electrons. The Morgan fingerprint density at radius 1 is 1.31 bits per heavy atom. The number of ether oxygens (including phenoxy) is 2. The molecule has 0 fully saturated rings. The fourth-order valence-electron chi connectivity index (χ4n) is 1.06. The smallest absolute Gasteiger partial charge is 0.196 e. The summed E-state index contributed by atoms with van der Waals surface area (Å²) in [6, 6.07) is 2.74. The summed E-state index contributed by atoms with van der Waals surface area (Å²) >= 11 is 0. The Bertz CT molecular complexity index is 299. The van der Waals surface area contributed by atoms with Crippen LogP contribution in [0.5, 0.6) is 11.5 Å². The Kier molecular flexibility index (Phi) is 3.08.